The van der Waals surface area contributed by atoms with Crippen LogP contribution in [0.5, 0.6) is 0 Å². The molecule has 2 aromatic rings. The van der Waals surface area contributed by atoms with E-state index in [1.807, 2.05) is 6.92 Å². The third kappa shape index (κ3) is 3.12. The van der Waals surface area contributed by atoms with Crippen molar-refractivity contribution in [2.45, 2.75) is 39.2 Å². The Bertz CT molecular complexity index is 695. The zero-order valence-electron chi connectivity index (χ0n) is 13.4. The lowest BCUT2D eigenvalue weighted by Crippen LogP contribution is -2.44. The molecule has 1 aromatic heterocycles. The summed E-state index contributed by atoms with van der Waals surface area (Å²) in [6, 6.07) is 7.09. The van der Waals surface area contributed by atoms with Crippen LogP contribution in [0.3, 0.4) is 0 Å². The van der Waals surface area contributed by atoms with Crippen LogP contribution in [0.25, 0.3) is 11.5 Å². The molecule has 1 aliphatic rings. The highest BCUT2D eigenvalue weighted by molar-refractivity contribution is 5.94. The Morgan fingerprint density at radius 2 is 2.13 bits per heavy atom. The van der Waals surface area contributed by atoms with Gasteiger partial charge in [-0.3, -0.25) is 4.79 Å². The van der Waals surface area contributed by atoms with Gasteiger partial charge in [-0.05, 0) is 37.1 Å². The molecule has 2 N–H and O–H groups in total. The van der Waals surface area contributed by atoms with Gasteiger partial charge in [-0.1, -0.05) is 13.3 Å². The molecule has 1 aromatic carbocycles. The van der Waals surface area contributed by atoms with Crippen LogP contribution >= 0.6 is 0 Å². The molecular weight excluding hydrogens is 294 g/mol. The number of rotatable bonds is 4. The molecule has 0 bridgehead atoms. The lowest BCUT2D eigenvalue weighted by atomic mass is 9.85. The number of aryl methyl sites for hydroxylation is 1. The second-order valence-electron chi connectivity index (χ2n) is 6.43. The van der Waals surface area contributed by atoms with Gasteiger partial charge in [0.25, 0.3) is 5.91 Å². The maximum Gasteiger partial charge on any atom is 0.251 e. The van der Waals surface area contributed by atoms with E-state index in [4.69, 9.17) is 4.42 Å². The lowest BCUT2D eigenvalue weighted by Gasteiger charge is -2.30. The van der Waals surface area contributed by atoms with Crippen molar-refractivity contribution in [3.05, 3.63) is 35.7 Å². The first-order valence-corrected chi connectivity index (χ1v) is 7.84. The minimum atomic E-state index is -0.225. The van der Waals surface area contributed by atoms with Crippen LogP contribution in [0.1, 0.15) is 42.4 Å². The molecule has 122 valence electrons. The second kappa shape index (κ2) is 6.12. The molecule has 1 heterocycles. The van der Waals surface area contributed by atoms with Gasteiger partial charge in [0.05, 0.1) is 6.61 Å². The molecule has 23 heavy (non-hydrogen) atoms. The van der Waals surface area contributed by atoms with Crippen molar-refractivity contribution < 1.29 is 14.3 Å². The van der Waals surface area contributed by atoms with E-state index in [0.717, 1.165) is 24.8 Å². The van der Waals surface area contributed by atoms with E-state index in [1.165, 1.54) is 0 Å². The van der Waals surface area contributed by atoms with Crippen LogP contribution < -0.4 is 5.32 Å². The second-order valence-corrected chi connectivity index (χ2v) is 6.43. The van der Waals surface area contributed by atoms with Crippen molar-refractivity contribution in [3.63, 3.8) is 0 Å². The van der Waals surface area contributed by atoms with E-state index in [1.54, 1.807) is 31.2 Å². The van der Waals surface area contributed by atoms with Crippen molar-refractivity contribution in [1.29, 1.82) is 0 Å². The van der Waals surface area contributed by atoms with Gasteiger partial charge in [-0.25, -0.2) is 0 Å². The van der Waals surface area contributed by atoms with E-state index in [2.05, 4.69) is 15.5 Å². The number of amides is 1. The van der Waals surface area contributed by atoms with E-state index < -0.39 is 0 Å². The van der Waals surface area contributed by atoms with Crippen molar-refractivity contribution >= 4 is 5.91 Å². The third-order valence-electron chi connectivity index (χ3n) is 4.67. The Kier molecular flexibility index (Phi) is 4.17. The molecule has 0 radical (unpaired) electrons. The minimum absolute atomic E-state index is 0.0123. The summed E-state index contributed by atoms with van der Waals surface area (Å²) in [6.45, 7) is 3.84. The van der Waals surface area contributed by atoms with Crippen LogP contribution in [0, 0.1) is 12.3 Å². The largest absolute Gasteiger partial charge is 0.421 e. The minimum Gasteiger partial charge on any atom is -0.421 e. The first-order valence-electron chi connectivity index (χ1n) is 7.84. The number of nitrogens with one attached hydrogen (secondary N) is 1. The standard InChI is InChI=1S/C17H21N3O3/c1-11-19-20-16(23-11)13-7-5-12(6-8-13)15(22)18-14-4-3-9-17(14,2)10-21/h5-8,14,21H,3-4,9-10H2,1-2H3,(H,18,22). The van der Waals surface area contributed by atoms with Crippen LogP contribution in [0.15, 0.2) is 28.7 Å². The van der Waals surface area contributed by atoms with Crippen LogP contribution in [-0.4, -0.2) is 33.9 Å². The number of aliphatic hydroxyl groups excluding tert-OH is 1. The highest BCUT2D eigenvalue weighted by Crippen LogP contribution is 2.37. The molecule has 1 aliphatic carbocycles. The monoisotopic (exact) mass is 315 g/mol. The van der Waals surface area contributed by atoms with Gasteiger partial charge in [0.15, 0.2) is 0 Å². The number of hydrogen-bond donors (Lipinski definition) is 2. The predicted molar refractivity (Wildman–Crippen MR) is 84.8 cm³/mol. The fraction of sp³-hybridized carbons (Fsp3) is 0.471. The number of carbonyl (C=O) groups is 1. The Balaban J connectivity index is 1.71. The average Bonchev–Trinajstić information content (AvgIpc) is 3.15. The summed E-state index contributed by atoms with van der Waals surface area (Å²) in [6.07, 6.45) is 2.86. The van der Waals surface area contributed by atoms with Gasteiger partial charge >= 0.3 is 0 Å². The Hall–Kier alpha value is -2.21. The van der Waals surface area contributed by atoms with E-state index in [0.29, 0.717) is 17.3 Å². The maximum absolute atomic E-state index is 12.4. The molecule has 2 unspecified atom stereocenters. The quantitative estimate of drug-likeness (QED) is 0.904. The molecule has 3 rings (SSSR count). The summed E-state index contributed by atoms with van der Waals surface area (Å²) in [5.74, 6) is 0.828. The van der Waals surface area contributed by atoms with Gasteiger partial charge in [-0.2, -0.15) is 0 Å². The summed E-state index contributed by atoms with van der Waals surface area (Å²) in [4.78, 5) is 12.4. The first-order chi connectivity index (χ1) is 11.0. The number of hydrogen-bond acceptors (Lipinski definition) is 5. The predicted octanol–water partition coefficient (Wildman–Crippen LogP) is 2.33. The van der Waals surface area contributed by atoms with Crippen LogP contribution in [0.4, 0.5) is 0 Å². The summed E-state index contributed by atoms with van der Waals surface area (Å²) in [5.41, 5.74) is 1.14. The number of aromatic nitrogens is 2. The number of benzene rings is 1. The van der Waals surface area contributed by atoms with Gasteiger partial charge in [0.2, 0.25) is 11.8 Å². The van der Waals surface area contributed by atoms with Crippen molar-refractivity contribution in [1.82, 2.24) is 15.5 Å². The van der Waals surface area contributed by atoms with E-state index in [9.17, 15) is 9.90 Å². The van der Waals surface area contributed by atoms with Gasteiger partial charge < -0.3 is 14.8 Å². The molecule has 2 atom stereocenters. The zero-order valence-corrected chi connectivity index (χ0v) is 13.4. The van der Waals surface area contributed by atoms with Crippen molar-refractivity contribution in [2.75, 3.05) is 6.61 Å². The SMILES string of the molecule is Cc1nnc(-c2ccc(C(=O)NC3CCCC3(C)CO)cc2)o1. The fourth-order valence-electron chi connectivity index (χ4n) is 3.09. The normalized spacial score (nSPS) is 23.9. The highest BCUT2D eigenvalue weighted by Gasteiger charge is 2.39. The summed E-state index contributed by atoms with van der Waals surface area (Å²) >= 11 is 0. The van der Waals surface area contributed by atoms with Crippen LogP contribution in [-0.2, 0) is 0 Å². The van der Waals surface area contributed by atoms with Crippen LogP contribution in [0.2, 0.25) is 0 Å². The number of carbonyl (C=O) groups excluding carboxylic acids is 1. The molecule has 1 saturated carbocycles. The molecule has 6 nitrogen and oxygen atoms in total. The first kappa shape index (κ1) is 15.7. The zero-order chi connectivity index (χ0) is 16.4. The third-order valence-corrected chi connectivity index (χ3v) is 4.67. The van der Waals surface area contributed by atoms with Gasteiger partial charge in [-0.15, -0.1) is 10.2 Å². The highest BCUT2D eigenvalue weighted by atomic mass is 16.4. The molecule has 0 saturated heterocycles. The smallest absolute Gasteiger partial charge is 0.251 e. The number of aliphatic hydroxyl groups is 1. The fourth-order valence-corrected chi connectivity index (χ4v) is 3.09. The Morgan fingerprint density at radius 3 is 2.74 bits per heavy atom. The summed E-state index contributed by atoms with van der Waals surface area (Å²) in [7, 11) is 0. The topological polar surface area (TPSA) is 88.2 Å². The van der Waals surface area contributed by atoms with E-state index in [-0.39, 0.29) is 24.0 Å². The lowest BCUT2D eigenvalue weighted by molar-refractivity contribution is 0.0830. The van der Waals surface area contributed by atoms with Crippen molar-refractivity contribution in [2.24, 2.45) is 5.41 Å². The summed E-state index contributed by atoms with van der Waals surface area (Å²) in [5, 5.41) is 20.4. The average molecular weight is 315 g/mol. The molecule has 1 fully saturated rings. The van der Waals surface area contributed by atoms with Crippen molar-refractivity contribution in [3.8, 4) is 11.5 Å². The molecule has 0 aliphatic heterocycles. The van der Waals surface area contributed by atoms with E-state index >= 15 is 0 Å². The molecular formula is C17H21N3O3. The maximum atomic E-state index is 12.4. The number of nitrogens with zero attached hydrogens (tertiary/aromatic N) is 2. The Labute approximate surface area is 134 Å². The Morgan fingerprint density at radius 1 is 1.39 bits per heavy atom. The molecule has 6 heteroatoms. The molecule has 0 spiro atoms. The molecule has 1 amide bonds. The van der Waals surface area contributed by atoms with Gasteiger partial charge in [0, 0.05) is 29.5 Å². The summed E-state index contributed by atoms with van der Waals surface area (Å²) < 4.78 is 5.37. The van der Waals surface area contributed by atoms with Gasteiger partial charge in [0.1, 0.15) is 0 Å².